The number of thioether (sulfide) groups is 1. The first-order chi connectivity index (χ1) is 12.6. The van der Waals surface area contributed by atoms with Crippen molar-refractivity contribution in [1.82, 2.24) is 4.90 Å². The van der Waals surface area contributed by atoms with E-state index < -0.39 is 0 Å². The Morgan fingerprint density at radius 3 is 2.15 bits per heavy atom. The molecule has 0 atom stereocenters. The normalized spacial score (nSPS) is 16.5. The first-order valence-electron chi connectivity index (χ1n) is 8.44. The molecule has 0 bridgehead atoms. The predicted octanol–water partition coefficient (Wildman–Crippen LogP) is 6.75. The van der Waals surface area contributed by atoms with Gasteiger partial charge in [0, 0.05) is 8.95 Å². The zero-order chi connectivity index (χ0) is 19.8. The van der Waals surface area contributed by atoms with Gasteiger partial charge in [-0.25, -0.2) is 0 Å². The first-order valence-corrected chi connectivity index (χ1v) is 10.8. The van der Waals surface area contributed by atoms with E-state index in [1.165, 1.54) is 10.5 Å². The molecule has 3 rings (SSSR count). The van der Waals surface area contributed by atoms with Crippen LogP contribution in [0.25, 0.3) is 6.08 Å². The maximum atomic E-state index is 12.7. The first kappa shape index (κ1) is 20.4. The lowest BCUT2D eigenvalue weighted by Crippen LogP contribution is -2.27. The molecular weight excluding hydrogens is 490 g/mol. The van der Waals surface area contributed by atoms with Crippen molar-refractivity contribution in [3.63, 3.8) is 0 Å². The van der Waals surface area contributed by atoms with Gasteiger partial charge in [-0.05, 0) is 58.1 Å². The van der Waals surface area contributed by atoms with Crippen LogP contribution in [0.5, 0.6) is 0 Å². The molecule has 3 nitrogen and oxygen atoms in total. The Bertz CT molecular complexity index is 910. The molecule has 1 aliphatic heterocycles. The van der Waals surface area contributed by atoms with Crippen LogP contribution >= 0.6 is 43.6 Å². The number of nitrogens with zero attached hydrogens (tertiary/aromatic N) is 1. The van der Waals surface area contributed by atoms with Crippen molar-refractivity contribution in [3.05, 3.63) is 73.0 Å². The van der Waals surface area contributed by atoms with Crippen LogP contribution in [0.15, 0.2) is 56.3 Å². The zero-order valence-corrected chi connectivity index (χ0v) is 19.2. The lowest BCUT2D eigenvalue weighted by atomic mass is 9.87. The third kappa shape index (κ3) is 4.92. The molecule has 1 saturated heterocycles. The summed E-state index contributed by atoms with van der Waals surface area (Å²) in [5, 5.41) is -0.236. The number of rotatable bonds is 3. The van der Waals surface area contributed by atoms with E-state index >= 15 is 0 Å². The van der Waals surface area contributed by atoms with Crippen LogP contribution in [0.2, 0.25) is 0 Å². The molecule has 1 fully saturated rings. The SMILES string of the molecule is CC(C)(C)c1ccc(CN2C(=O)S/C(=C\c3cc(Br)cc(Br)c3)C2=O)cc1. The van der Waals surface area contributed by atoms with Crippen LogP contribution in [0.1, 0.15) is 37.5 Å². The van der Waals surface area contributed by atoms with Crippen LogP contribution in [-0.4, -0.2) is 16.0 Å². The molecule has 6 heteroatoms. The molecule has 1 heterocycles. The fraction of sp³-hybridized carbons (Fsp3) is 0.238. The summed E-state index contributed by atoms with van der Waals surface area (Å²) in [6.45, 7) is 6.76. The van der Waals surface area contributed by atoms with Crippen LogP contribution in [0.4, 0.5) is 4.79 Å². The van der Waals surface area contributed by atoms with Crippen molar-refractivity contribution in [2.75, 3.05) is 0 Å². The van der Waals surface area contributed by atoms with Gasteiger partial charge in [0.2, 0.25) is 0 Å². The second-order valence-electron chi connectivity index (χ2n) is 7.42. The molecule has 0 aliphatic carbocycles. The Morgan fingerprint density at radius 2 is 1.59 bits per heavy atom. The zero-order valence-electron chi connectivity index (χ0n) is 15.3. The number of carbonyl (C=O) groups excluding carboxylic acids is 2. The van der Waals surface area contributed by atoms with E-state index in [9.17, 15) is 9.59 Å². The number of halogens is 2. The van der Waals surface area contributed by atoms with Gasteiger partial charge >= 0.3 is 0 Å². The van der Waals surface area contributed by atoms with Gasteiger partial charge in [0.15, 0.2) is 0 Å². The van der Waals surface area contributed by atoms with Gasteiger partial charge in [0.05, 0.1) is 11.4 Å². The lowest BCUT2D eigenvalue weighted by Gasteiger charge is -2.20. The Balaban J connectivity index is 1.79. The van der Waals surface area contributed by atoms with Crippen molar-refractivity contribution in [2.45, 2.75) is 32.7 Å². The Morgan fingerprint density at radius 1 is 1.00 bits per heavy atom. The van der Waals surface area contributed by atoms with Gasteiger partial charge in [0.25, 0.3) is 11.1 Å². The summed E-state index contributed by atoms with van der Waals surface area (Å²) in [5.41, 5.74) is 3.09. The molecule has 2 aromatic rings. The summed E-state index contributed by atoms with van der Waals surface area (Å²) in [4.78, 5) is 26.8. The maximum Gasteiger partial charge on any atom is 0.293 e. The average Bonchev–Trinajstić information content (AvgIpc) is 2.81. The van der Waals surface area contributed by atoms with E-state index in [4.69, 9.17) is 0 Å². The number of benzene rings is 2. The molecule has 0 saturated carbocycles. The van der Waals surface area contributed by atoms with E-state index in [0.29, 0.717) is 4.91 Å². The molecule has 1 aliphatic rings. The maximum absolute atomic E-state index is 12.7. The van der Waals surface area contributed by atoms with Crippen molar-refractivity contribution >= 4 is 60.8 Å². The number of hydrogen-bond acceptors (Lipinski definition) is 3. The fourth-order valence-electron chi connectivity index (χ4n) is 2.74. The summed E-state index contributed by atoms with van der Waals surface area (Å²) in [7, 11) is 0. The van der Waals surface area contributed by atoms with E-state index in [0.717, 1.165) is 31.8 Å². The Labute approximate surface area is 180 Å². The van der Waals surface area contributed by atoms with Gasteiger partial charge in [-0.15, -0.1) is 0 Å². The molecule has 0 aromatic heterocycles. The van der Waals surface area contributed by atoms with Crippen LogP contribution in [0, 0.1) is 0 Å². The van der Waals surface area contributed by atoms with Crippen molar-refractivity contribution in [3.8, 4) is 0 Å². The highest BCUT2D eigenvalue weighted by Gasteiger charge is 2.35. The molecule has 2 aromatic carbocycles. The highest BCUT2D eigenvalue weighted by atomic mass is 79.9. The molecule has 27 heavy (non-hydrogen) atoms. The Kier molecular flexibility index (Phi) is 5.99. The predicted molar refractivity (Wildman–Crippen MR) is 118 cm³/mol. The van der Waals surface area contributed by atoms with Crippen LogP contribution in [-0.2, 0) is 16.8 Å². The summed E-state index contributed by atoms with van der Waals surface area (Å²) in [5.74, 6) is -0.249. The average molecular weight is 509 g/mol. The highest BCUT2D eigenvalue weighted by molar-refractivity contribution is 9.11. The number of amides is 2. The fourth-order valence-corrected chi connectivity index (χ4v) is 4.91. The van der Waals surface area contributed by atoms with Gasteiger partial charge < -0.3 is 0 Å². The second kappa shape index (κ2) is 7.94. The van der Waals surface area contributed by atoms with Crippen molar-refractivity contribution < 1.29 is 9.59 Å². The van der Waals surface area contributed by atoms with Gasteiger partial charge in [-0.3, -0.25) is 14.5 Å². The summed E-state index contributed by atoms with van der Waals surface area (Å²) >= 11 is 7.86. The number of hydrogen-bond donors (Lipinski definition) is 0. The Hall–Kier alpha value is -1.37. The highest BCUT2D eigenvalue weighted by Crippen LogP contribution is 2.34. The monoisotopic (exact) mass is 507 g/mol. The minimum Gasteiger partial charge on any atom is -0.268 e. The second-order valence-corrected chi connectivity index (χ2v) is 10.2. The molecule has 0 unspecified atom stereocenters. The summed E-state index contributed by atoms with van der Waals surface area (Å²) < 4.78 is 1.81. The molecular formula is C21H19Br2NO2S. The number of imide groups is 1. The van der Waals surface area contributed by atoms with E-state index in [2.05, 4.69) is 64.8 Å². The van der Waals surface area contributed by atoms with E-state index in [-0.39, 0.29) is 23.1 Å². The summed E-state index contributed by atoms with van der Waals surface area (Å²) in [6, 6.07) is 13.8. The van der Waals surface area contributed by atoms with Crippen LogP contribution in [0.3, 0.4) is 0 Å². The van der Waals surface area contributed by atoms with E-state index in [1.54, 1.807) is 6.08 Å². The van der Waals surface area contributed by atoms with Crippen molar-refractivity contribution in [1.29, 1.82) is 0 Å². The molecule has 0 spiro atoms. The number of carbonyl (C=O) groups is 2. The smallest absolute Gasteiger partial charge is 0.268 e. The van der Waals surface area contributed by atoms with Gasteiger partial charge in [-0.1, -0.05) is 76.9 Å². The third-order valence-corrected chi connectivity index (χ3v) is 6.04. The molecule has 140 valence electrons. The standard InChI is InChI=1S/C21H19Br2NO2S/c1-21(2,3)15-6-4-13(5-7-15)12-24-19(25)18(27-20(24)26)10-14-8-16(22)11-17(23)9-14/h4-11H,12H2,1-3H3/b18-10-. The van der Waals surface area contributed by atoms with Crippen molar-refractivity contribution in [2.24, 2.45) is 0 Å². The topological polar surface area (TPSA) is 37.4 Å². The third-order valence-electron chi connectivity index (χ3n) is 4.22. The summed E-state index contributed by atoms with van der Waals surface area (Å²) in [6.07, 6.45) is 1.75. The quantitative estimate of drug-likeness (QED) is 0.430. The van der Waals surface area contributed by atoms with Gasteiger partial charge in [0.1, 0.15) is 0 Å². The van der Waals surface area contributed by atoms with E-state index in [1.807, 2.05) is 30.3 Å². The minimum atomic E-state index is -0.249. The molecule has 0 radical (unpaired) electrons. The molecule has 2 amide bonds. The lowest BCUT2D eigenvalue weighted by molar-refractivity contribution is -0.123. The largest absolute Gasteiger partial charge is 0.293 e. The van der Waals surface area contributed by atoms with Crippen LogP contribution < -0.4 is 0 Å². The van der Waals surface area contributed by atoms with Gasteiger partial charge in [-0.2, -0.15) is 0 Å². The minimum absolute atomic E-state index is 0.0712. The molecule has 0 N–H and O–H groups in total.